The van der Waals surface area contributed by atoms with E-state index in [1.807, 2.05) is 0 Å². The van der Waals surface area contributed by atoms with E-state index in [1.54, 1.807) is 16.3 Å². The summed E-state index contributed by atoms with van der Waals surface area (Å²) in [6.07, 6.45) is 3.92. The Morgan fingerprint density at radius 2 is 2.15 bits per heavy atom. The SMILES string of the molecule is COc1ncc(C(=O)N2CCC(Cc3nc(C(=O)O)cs3)CC2)cc1Cl. The zero-order valence-corrected chi connectivity index (χ0v) is 15.7. The van der Waals surface area contributed by atoms with E-state index in [-0.39, 0.29) is 11.6 Å². The number of aromatic nitrogens is 2. The molecule has 0 aliphatic carbocycles. The van der Waals surface area contributed by atoms with Crippen LogP contribution in [0.2, 0.25) is 5.02 Å². The number of methoxy groups -OCH3 is 1. The molecule has 2 aromatic heterocycles. The van der Waals surface area contributed by atoms with E-state index in [9.17, 15) is 9.59 Å². The van der Waals surface area contributed by atoms with Crippen LogP contribution in [0.1, 0.15) is 38.7 Å². The van der Waals surface area contributed by atoms with Gasteiger partial charge in [-0.15, -0.1) is 11.3 Å². The summed E-state index contributed by atoms with van der Waals surface area (Å²) >= 11 is 7.42. The molecule has 1 amide bonds. The number of hydrogen-bond acceptors (Lipinski definition) is 6. The molecular weight excluding hydrogens is 378 g/mol. The van der Waals surface area contributed by atoms with E-state index in [1.165, 1.54) is 24.6 Å². The van der Waals surface area contributed by atoms with Crippen molar-refractivity contribution in [1.82, 2.24) is 14.9 Å². The molecule has 0 spiro atoms. The van der Waals surface area contributed by atoms with Crippen molar-refractivity contribution < 1.29 is 19.4 Å². The predicted molar refractivity (Wildman–Crippen MR) is 97.2 cm³/mol. The summed E-state index contributed by atoms with van der Waals surface area (Å²) in [5.74, 6) is -0.405. The maximum Gasteiger partial charge on any atom is 0.355 e. The van der Waals surface area contributed by atoms with Gasteiger partial charge in [0.05, 0.1) is 17.7 Å². The standard InChI is InChI=1S/C17H18ClN3O4S/c1-25-15-12(18)7-11(8-19-15)16(22)21-4-2-10(3-5-21)6-14-20-13(9-26-14)17(23)24/h7-10H,2-6H2,1H3,(H,23,24). The number of piperidine rings is 1. The molecule has 7 nitrogen and oxygen atoms in total. The summed E-state index contributed by atoms with van der Waals surface area (Å²) in [7, 11) is 1.47. The first-order valence-electron chi connectivity index (χ1n) is 8.14. The lowest BCUT2D eigenvalue weighted by Crippen LogP contribution is -2.39. The molecule has 0 radical (unpaired) electrons. The van der Waals surface area contributed by atoms with Crippen molar-refractivity contribution in [3.05, 3.63) is 38.9 Å². The fourth-order valence-electron chi connectivity index (χ4n) is 2.97. The second-order valence-electron chi connectivity index (χ2n) is 6.09. The average Bonchev–Trinajstić information content (AvgIpc) is 3.10. The molecule has 0 unspecified atom stereocenters. The number of carboxylic acid groups (broad SMARTS) is 1. The van der Waals surface area contributed by atoms with Crippen LogP contribution < -0.4 is 4.74 Å². The predicted octanol–water partition coefficient (Wildman–Crippen LogP) is 2.99. The van der Waals surface area contributed by atoms with Crippen molar-refractivity contribution in [3.63, 3.8) is 0 Å². The van der Waals surface area contributed by atoms with Gasteiger partial charge in [-0.25, -0.2) is 14.8 Å². The Bertz CT molecular complexity index is 818. The molecule has 138 valence electrons. The number of nitrogens with zero attached hydrogens (tertiary/aromatic N) is 3. The molecule has 2 aromatic rings. The summed E-state index contributed by atoms with van der Waals surface area (Å²) in [6, 6.07) is 1.57. The molecule has 26 heavy (non-hydrogen) atoms. The van der Waals surface area contributed by atoms with Crippen LogP contribution in [0.4, 0.5) is 0 Å². The van der Waals surface area contributed by atoms with Crippen molar-refractivity contribution >= 4 is 34.8 Å². The van der Waals surface area contributed by atoms with Crippen molar-refractivity contribution in [1.29, 1.82) is 0 Å². The largest absolute Gasteiger partial charge is 0.480 e. The van der Waals surface area contributed by atoms with Gasteiger partial charge in [-0.05, 0) is 24.8 Å². The first-order chi connectivity index (χ1) is 12.5. The second-order valence-corrected chi connectivity index (χ2v) is 7.44. The van der Waals surface area contributed by atoms with Crippen molar-refractivity contribution in [2.24, 2.45) is 5.92 Å². The quantitative estimate of drug-likeness (QED) is 0.836. The van der Waals surface area contributed by atoms with E-state index < -0.39 is 5.97 Å². The number of thiazole rings is 1. The number of rotatable bonds is 5. The molecule has 1 saturated heterocycles. The van der Waals surface area contributed by atoms with Gasteiger partial charge < -0.3 is 14.7 Å². The number of aromatic carboxylic acids is 1. The van der Waals surface area contributed by atoms with Crippen LogP contribution in [0.3, 0.4) is 0 Å². The lowest BCUT2D eigenvalue weighted by molar-refractivity contribution is 0.0678. The van der Waals surface area contributed by atoms with Gasteiger partial charge in [0.1, 0.15) is 5.02 Å². The van der Waals surface area contributed by atoms with E-state index in [4.69, 9.17) is 21.4 Å². The summed E-state index contributed by atoms with van der Waals surface area (Å²) < 4.78 is 5.00. The lowest BCUT2D eigenvalue weighted by Gasteiger charge is -2.31. The van der Waals surface area contributed by atoms with Crippen LogP contribution >= 0.6 is 22.9 Å². The van der Waals surface area contributed by atoms with Gasteiger partial charge in [-0.3, -0.25) is 4.79 Å². The number of carboxylic acids is 1. The Labute approximate surface area is 159 Å². The summed E-state index contributed by atoms with van der Waals surface area (Å²) in [6.45, 7) is 1.29. The minimum atomic E-state index is -1.00. The molecule has 0 aromatic carbocycles. The molecule has 9 heteroatoms. The van der Waals surface area contributed by atoms with Crippen LogP contribution in [0.5, 0.6) is 5.88 Å². The van der Waals surface area contributed by atoms with Crippen LogP contribution in [0.15, 0.2) is 17.6 Å². The molecule has 0 saturated carbocycles. The highest BCUT2D eigenvalue weighted by Gasteiger charge is 2.25. The third-order valence-electron chi connectivity index (χ3n) is 4.38. The number of amides is 1. The minimum Gasteiger partial charge on any atom is -0.480 e. The van der Waals surface area contributed by atoms with Crippen molar-refractivity contribution in [3.8, 4) is 5.88 Å². The Morgan fingerprint density at radius 3 is 2.73 bits per heavy atom. The number of carbonyl (C=O) groups excluding carboxylic acids is 1. The third-order valence-corrected chi connectivity index (χ3v) is 5.53. The second kappa shape index (κ2) is 8.01. The van der Waals surface area contributed by atoms with E-state index in [2.05, 4.69) is 9.97 Å². The number of pyridine rings is 1. The fourth-order valence-corrected chi connectivity index (χ4v) is 4.09. The van der Waals surface area contributed by atoms with Crippen LogP contribution in [0, 0.1) is 5.92 Å². The summed E-state index contributed by atoms with van der Waals surface area (Å²) in [4.78, 5) is 33.5. The molecule has 0 bridgehead atoms. The molecule has 1 aliphatic rings. The zero-order chi connectivity index (χ0) is 18.7. The molecule has 1 aliphatic heterocycles. The third kappa shape index (κ3) is 4.13. The normalized spacial score (nSPS) is 15.1. The first kappa shape index (κ1) is 18.6. The Hall–Kier alpha value is -2.19. The monoisotopic (exact) mass is 395 g/mol. The highest BCUT2D eigenvalue weighted by Crippen LogP contribution is 2.26. The van der Waals surface area contributed by atoms with Crippen LogP contribution in [-0.2, 0) is 6.42 Å². The van der Waals surface area contributed by atoms with Crippen LogP contribution in [0.25, 0.3) is 0 Å². The Balaban J connectivity index is 1.56. The van der Waals surface area contributed by atoms with Crippen molar-refractivity contribution in [2.45, 2.75) is 19.3 Å². The van der Waals surface area contributed by atoms with Crippen LogP contribution in [-0.4, -0.2) is 52.1 Å². The van der Waals surface area contributed by atoms with E-state index in [0.29, 0.717) is 35.5 Å². The summed E-state index contributed by atoms with van der Waals surface area (Å²) in [5.41, 5.74) is 0.543. The molecule has 0 atom stereocenters. The van der Waals surface area contributed by atoms with Gasteiger partial charge in [0, 0.05) is 31.1 Å². The maximum atomic E-state index is 12.6. The Morgan fingerprint density at radius 1 is 1.42 bits per heavy atom. The molecule has 3 heterocycles. The topological polar surface area (TPSA) is 92.6 Å². The first-order valence-corrected chi connectivity index (χ1v) is 9.40. The average molecular weight is 396 g/mol. The van der Waals surface area contributed by atoms with Gasteiger partial charge >= 0.3 is 5.97 Å². The fraction of sp³-hybridized carbons (Fsp3) is 0.412. The number of hydrogen-bond donors (Lipinski definition) is 1. The highest BCUT2D eigenvalue weighted by atomic mass is 35.5. The number of likely N-dealkylation sites (tertiary alicyclic amines) is 1. The zero-order valence-electron chi connectivity index (χ0n) is 14.1. The van der Waals surface area contributed by atoms with E-state index >= 15 is 0 Å². The van der Waals surface area contributed by atoms with Gasteiger partial charge in [0.15, 0.2) is 5.69 Å². The molecule has 1 N–H and O–H groups in total. The van der Waals surface area contributed by atoms with Gasteiger partial charge in [0.25, 0.3) is 5.91 Å². The van der Waals surface area contributed by atoms with Gasteiger partial charge in [-0.2, -0.15) is 0 Å². The molecular formula is C17H18ClN3O4S. The van der Waals surface area contributed by atoms with Gasteiger partial charge in [0.2, 0.25) is 5.88 Å². The molecule has 3 rings (SSSR count). The highest BCUT2D eigenvalue weighted by molar-refractivity contribution is 7.09. The smallest absolute Gasteiger partial charge is 0.355 e. The van der Waals surface area contributed by atoms with E-state index in [0.717, 1.165) is 24.3 Å². The van der Waals surface area contributed by atoms with Crippen molar-refractivity contribution in [2.75, 3.05) is 20.2 Å². The number of halogens is 1. The molecule has 1 fully saturated rings. The number of carbonyl (C=O) groups is 2. The lowest BCUT2D eigenvalue weighted by atomic mass is 9.93. The number of ether oxygens (including phenoxy) is 1. The Kier molecular flexibility index (Phi) is 5.73. The van der Waals surface area contributed by atoms with Gasteiger partial charge in [-0.1, -0.05) is 11.6 Å². The summed E-state index contributed by atoms with van der Waals surface area (Å²) in [5, 5.41) is 11.6. The maximum absolute atomic E-state index is 12.6. The minimum absolute atomic E-state index is 0.0945.